The Hall–Kier alpha value is -2.74. The lowest BCUT2D eigenvalue weighted by Gasteiger charge is -2.15. The minimum atomic E-state index is -0.597. The summed E-state index contributed by atoms with van der Waals surface area (Å²) < 4.78 is 2.34. The summed E-state index contributed by atoms with van der Waals surface area (Å²) >= 11 is 3.47. The molecular formula is C22H23BrN4O3. The number of H-pyrrole nitrogens is 1. The minimum absolute atomic E-state index is 0.142. The van der Waals surface area contributed by atoms with Crippen molar-refractivity contribution in [3.05, 3.63) is 66.4 Å². The summed E-state index contributed by atoms with van der Waals surface area (Å²) in [7, 11) is 0. The van der Waals surface area contributed by atoms with Gasteiger partial charge >= 0.3 is 5.69 Å². The number of hydrogen-bond acceptors (Lipinski definition) is 4. The number of carbonyl (C=O) groups excluding carboxylic acids is 1. The molecule has 2 N–H and O–H groups in total. The predicted molar refractivity (Wildman–Crippen MR) is 120 cm³/mol. The summed E-state index contributed by atoms with van der Waals surface area (Å²) in [5, 5.41) is 3.01. The first-order chi connectivity index (χ1) is 14.2. The summed E-state index contributed by atoms with van der Waals surface area (Å²) in [5.41, 5.74) is 1.82. The second-order valence-corrected chi connectivity index (χ2v) is 9.10. The molecule has 1 aliphatic rings. The topological polar surface area (TPSA) is 96.8 Å². The molecule has 30 heavy (non-hydrogen) atoms. The van der Waals surface area contributed by atoms with Gasteiger partial charge in [-0.05, 0) is 49.4 Å². The second-order valence-electron chi connectivity index (χ2n) is 8.25. The Kier molecular flexibility index (Phi) is 5.36. The van der Waals surface area contributed by atoms with Crippen molar-refractivity contribution in [1.29, 1.82) is 0 Å². The van der Waals surface area contributed by atoms with Crippen molar-refractivity contribution in [2.45, 2.75) is 46.1 Å². The van der Waals surface area contributed by atoms with E-state index >= 15 is 0 Å². The van der Waals surface area contributed by atoms with Gasteiger partial charge in [-0.15, -0.1) is 0 Å². The average Bonchev–Trinajstić information content (AvgIpc) is 3.52. The minimum Gasteiger partial charge on any atom is -0.322 e. The number of carbonyl (C=O) groups is 1. The van der Waals surface area contributed by atoms with E-state index in [1.165, 1.54) is 4.57 Å². The third-order valence-corrected chi connectivity index (χ3v) is 6.04. The van der Waals surface area contributed by atoms with Gasteiger partial charge in [-0.25, -0.2) is 9.78 Å². The van der Waals surface area contributed by atoms with Crippen LogP contribution in [0.2, 0.25) is 0 Å². The zero-order valence-electron chi connectivity index (χ0n) is 17.1. The lowest BCUT2D eigenvalue weighted by atomic mass is 10.1. The molecule has 1 aliphatic carbocycles. The number of anilines is 1. The Morgan fingerprint density at radius 3 is 2.67 bits per heavy atom. The van der Waals surface area contributed by atoms with Gasteiger partial charge in [0.2, 0.25) is 0 Å². The Balaban J connectivity index is 1.89. The number of aryl methyl sites for hydroxylation is 1. The van der Waals surface area contributed by atoms with Gasteiger partial charge in [0.25, 0.3) is 11.5 Å². The molecule has 7 nitrogen and oxygen atoms in total. The van der Waals surface area contributed by atoms with E-state index in [-0.39, 0.29) is 28.4 Å². The number of rotatable bonds is 5. The fourth-order valence-corrected chi connectivity index (χ4v) is 3.84. The summed E-state index contributed by atoms with van der Waals surface area (Å²) in [4.78, 5) is 45.4. The van der Waals surface area contributed by atoms with Gasteiger partial charge in [0, 0.05) is 28.3 Å². The van der Waals surface area contributed by atoms with E-state index in [4.69, 9.17) is 0 Å². The molecule has 0 unspecified atom stereocenters. The highest BCUT2D eigenvalue weighted by molar-refractivity contribution is 9.10. The zero-order valence-corrected chi connectivity index (χ0v) is 18.7. The molecule has 1 aromatic carbocycles. The number of nitrogens with zero attached hydrogens (tertiary/aromatic N) is 2. The Bertz CT molecular complexity index is 1270. The number of amides is 1. The molecule has 0 bridgehead atoms. The highest BCUT2D eigenvalue weighted by atomic mass is 79.9. The maximum absolute atomic E-state index is 13.2. The molecule has 1 fully saturated rings. The molecule has 2 aromatic heterocycles. The van der Waals surface area contributed by atoms with E-state index in [1.54, 1.807) is 6.07 Å². The average molecular weight is 471 g/mol. The Labute approximate surface area is 181 Å². The van der Waals surface area contributed by atoms with Crippen molar-refractivity contribution in [1.82, 2.24) is 14.5 Å². The van der Waals surface area contributed by atoms with Gasteiger partial charge < -0.3 is 5.32 Å². The zero-order chi connectivity index (χ0) is 21.6. The first-order valence-corrected chi connectivity index (χ1v) is 10.8. The number of nitrogens with one attached hydrogen (secondary N) is 2. The third kappa shape index (κ3) is 3.96. The van der Waals surface area contributed by atoms with Crippen LogP contribution in [-0.2, 0) is 6.54 Å². The molecule has 2 heterocycles. The van der Waals surface area contributed by atoms with Crippen LogP contribution in [0.1, 0.15) is 54.2 Å². The molecule has 3 aromatic rings. The normalized spacial score (nSPS) is 13.8. The molecule has 0 saturated heterocycles. The van der Waals surface area contributed by atoms with Crippen LogP contribution in [0.25, 0.3) is 11.0 Å². The first kappa shape index (κ1) is 20.5. The molecule has 1 saturated carbocycles. The van der Waals surface area contributed by atoms with Crippen LogP contribution in [-0.4, -0.2) is 20.4 Å². The summed E-state index contributed by atoms with van der Waals surface area (Å²) in [6.45, 7) is 6.33. The molecule has 0 spiro atoms. The van der Waals surface area contributed by atoms with Crippen LogP contribution in [0.3, 0.4) is 0 Å². The molecule has 0 atom stereocenters. The molecule has 1 amide bonds. The van der Waals surface area contributed by atoms with Gasteiger partial charge in [0.1, 0.15) is 0 Å². The number of benzene rings is 1. The number of aromatic amines is 1. The molecule has 156 valence electrons. The number of aromatic nitrogens is 3. The van der Waals surface area contributed by atoms with Crippen LogP contribution >= 0.6 is 15.9 Å². The van der Waals surface area contributed by atoms with Gasteiger partial charge in [-0.2, -0.15) is 0 Å². The standard InChI is InChI=1S/C22H23BrN4O3/c1-11(2)10-27-19-18(21(29)26-22(27)30)15(9-17(25-19)13-5-6-13)20(28)24-14-7-4-12(3)16(23)8-14/h4,7-9,11,13H,5-6,10H2,1-3H3,(H,24,28)(H,26,29,30). The van der Waals surface area contributed by atoms with E-state index in [0.717, 1.165) is 28.6 Å². The van der Waals surface area contributed by atoms with Crippen LogP contribution in [0.15, 0.2) is 38.3 Å². The van der Waals surface area contributed by atoms with Crippen molar-refractivity contribution in [2.24, 2.45) is 5.92 Å². The smallest absolute Gasteiger partial charge is 0.322 e. The van der Waals surface area contributed by atoms with Crippen molar-refractivity contribution < 1.29 is 4.79 Å². The lowest BCUT2D eigenvalue weighted by Crippen LogP contribution is -2.33. The van der Waals surface area contributed by atoms with E-state index in [9.17, 15) is 14.4 Å². The Morgan fingerprint density at radius 1 is 1.30 bits per heavy atom. The monoisotopic (exact) mass is 470 g/mol. The summed E-state index contributed by atoms with van der Waals surface area (Å²) in [5.74, 6) is 0.0297. The first-order valence-electron chi connectivity index (χ1n) is 10.00. The van der Waals surface area contributed by atoms with Crippen LogP contribution in [0, 0.1) is 12.8 Å². The Morgan fingerprint density at radius 2 is 2.03 bits per heavy atom. The maximum atomic E-state index is 13.2. The van der Waals surface area contributed by atoms with Gasteiger partial charge in [-0.3, -0.25) is 19.1 Å². The summed E-state index contributed by atoms with van der Waals surface area (Å²) in [6, 6.07) is 7.21. The maximum Gasteiger partial charge on any atom is 0.330 e. The molecular weight excluding hydrogens is 448 g/mol. The van der Waals surface area contributed by atoms with Crippen molar-refractivity contribution in [3.8, 4) is 0 Å². The predicted octanol–water partition coefficient (Wildman–Crippen LogP) is 3.94. The highest BCUT2D eigenvalue weighted by Crippen LogP contribution is 2.40. The van der Waals surface area contributed by atoms with E-state index in [2.05, 4.69) is 31.2 Å². The third-order valence-electron chi connectivity index (χ3n) is 5.19. The van der Waals surface area contributed by atoms with E-state index < -0.39 is 17.2 Å². The highest BCUT2D eigenvalue weighted by Gasteiger charge is 2.29. The number of halogens is 1. The molecule has 8 heteroatoms. The molecule has 4 rings (SSSR count). The van der Waals surface area contributed by atoms with E-state index in [0.29, 0.717) is 12.2 Å². The fraction of sp³-hybridized carbons (Fsp3) is 0.364. The number of hydrogen-bond donors (Lipinski definition) is 2. The van der Waals surface area contributed by atoms with Crippen LogP contribution in [0.4, 0.5) is 5.69 Å². The largest absolute Gasteiger partial charge is 0.330 e. The SMILES string of the molecule is Cc1ccc(NC(=O)c2cc(C3CC3)nc3c2c(=O)[nH]c(=O)n3CC(C)C)cc1Br. The molecule has 0 aliphatic heterocycles. The van der Waals surface area contributed by atoms with Gasteiger partial charge in [0.05, 0.1) is 10.9 Å². The second kappa shape index (κ2) is 7.83. The van der Waals surface area contributed by atoms with Gasteiger partial charge in [-0.1, -0.05) is 35.8 Å². The van der Waals surface area contributed by atoms with Crippen molar-refractivity contribution >= 4 is 38.6 Å². The van der Waals surface area contributed by atoms with Gasteiger partial charge in [0.15, 0.2) is 5.65 Å². The van der Waals surface area contributed by atoms with Crippen molar-refractivity contribution in [3.63, 3.8) is 0 Å². The van der Waals surface area contributed by atoms with E-state index in [1.807, 2.05) is 39.0 Å². The van der Waals surface area contributed by atoms with Crippen LogP contribution in [0.5, 0.6) is 0 Å². The molecule has 0 radical (unpaired) electrons. The van der Waals surface area contributed by atoms with Crippen LogP contribution < -0.4 is 16.6 Å². The lowest BCUT2D eigenvalue weighted by molar-refractivity contribution is 0.102. The number of pyridine rings is 1. The van der Waals surface area contributed by atoms with Crippen molar-refractivity contribution in [2.75, 3.05) is 5.32 Å². The quantitative estimate of drug-likeness (QED) is 0.589. The number of fused-ring (bicyclic) bond motifs is 1. The fourth-order valence-electron chi connectivity index (χ4n) is 3.46. The summed E-state index contributed by atoms with van der Waals surface area (Å²) in [6.07, 6.45) is 1.98.